The average molecular weight is 440 g/mol. The van der Waals surface area contributed by atoms with Crippen molar-refractivity contribution in [2.24, 2.45) is 0 Å². The molecule has 33 heavy (non-hydrogen) atoms. The monoisotopic (exact) mass is 440 g/mol. The molecule has 1 heterocycles. The molecule has 0 bridgehead atoms. The van der Waals surface area contributed by atoms with Crippen molar-refractivity contribution in [1.82, 2.24) is 9.88 Å². The SMILES string of the molecule is CN(C(=O)OCC1c2ccccc2-c2ccccc21)C(Cc1c[nH]c2ccccc12)C(=O)O. The molecule has 1 unspecified atom stereocenters. The number of ether oxygens (including phenoxy) is 1. The number of carboxylic acid groups (broad SMARTS) is 1. The van der Waals surface area contributed by atoms with Crippen LogP contribution < -0.4 is 0 Å². The number of likely N-dealkylation sites (N-methyl/N-ethyl adjacent to an activating group) is 1. The summed E-state index contributed by atoms with van der Waals surface area (Å²) in [5, 5.41) is 10.8. The molecule has 2 N–H and O–H groups in total. The second-order valence-corrected chi connectivity index (χ2v) is 8.33. The van der Waals surface area contributed by atoms with Crippen LogP contribution in [0.25, 0.3) is 22.0 Å². The minimum atomic E-state index is -1.07. The van der Waals surface area contributed by atoms with E-state index in [4.69, 9.17) is 4.74 Å². The third-order valence-electron chi connectivity index (χ3n) is 6.46. The fourth-order valence-electron chi connectivity index (χ4n) is 4.72. The number of amides is 1. The predicted octanol–water partition coefficient (Wildman–Crippen LogP) is 5.04. The van der Waals surface area contributed by atoms with Crippen LogP contribution in [0.15, 0.2) is 79.0 Å². The van der Waals surface area contributed by atoms with Crippen molar-refractivity contribution in [2.45, 2.75) is 18.4 Å². The number of aromatic nitrogens is 1. The number of para-hydroxylation sites is 1. The van der Waals surface area contributed by atoms with Gasteiger partial charge in [0.1, 0.15) is 12.6 Å². The van der Waals surface area contributed by atoms with E-state index in [0.29, 0.717) is 0 Å². The first-order valence-electron chi connectivity index (χ1n) is 10.9. The molecule has 1 atom stereocenters. The number of benzene rings is 3. The number of aliphatic carboxylic acids is 1. The Kier molecular flexibility index (Phi) is 5.34. The normalized spacial score (nSPS) is 13.4. The number of rotatable bonds is 6. The van der Waals surface area contributed by atoms with E-state index in [1.807, 2.05) is 48.5 Å². The number of H-pyrrole nitrogens is 1. The van der Waals surface area contributed by atoms with Gasteiger partial charge in [-0.1, -0.05) is 66.7 Å². The predicted molar refractivity (Wildman–Crippen MR) is 126 cm³/mol. The van der Waals surface area contributed by atoms with Gasteiger partial charge < -0.3 is 14.8 Å². The van der Waals surface area contributed by atoms with Crippen LogP contribution in [0.3, 0.4) is 0 Å². The lowest BCUT2D eigenvalue weighted by Crippen LogP contribution is -2.44. The first-order valence-corrected chi connectivity index (χ1v) is 10.9. The highest BCUT2D eigenvalue weighted by atomic mass is 16.6. The molecule has 0 saturated heterocycles. The van der Waals surface area contributed by atoms with Gasteiger partial charge in [0.15, 0.2) is 0 Å². The number of carbonyl (C=O) groups excluding carboxylic acids is 1. The molecule has 166 valence electrons. The van der Waals surface area contributed by atoms with Crippen molar-refractivity contribution in [2.75, 3.05) is 13.7 Å². The second kappa shape index (κ2) is 8.47. The molecule has 1 aliphatic carbocycles. The maximum atomic E-state index is 12.9. The molecule has 0 fully saturated rings. The molecule has 1 aromatic heterocycles. The Balaban J connectivity index is 1.32. The molecular formula is C27H24N2O4. The number of nitrogens with one attached hydrogen (secondary N) is 1. The van der Waals surface area contributed by atoms with E-state index in [0.717, 1.165) is 38.7 Å². The van der Waals surface area contributed by atoms with Crippen molar-refractivity contribution in [3.63, 3.8) is 0 Å². The number of nitrogens with zero attached hydrogens (tertiary/aromatic N) is 1. The zero-order chi connectivity index (χ0) is 22.9. The van der Waals surface area contributed by atoms with Crippen molar-refractivity contribution in [1.29, 1.82) is 0 Å². The summed E-state index contributed by atoms with van der Waals surface area (Å²) in [5.74, 6) is -1.15. The summed E-state index contributed by atoms with van der Waals surface area (Å²) in [6, 6.07) is 22.9. The highest BCUT2D eigenvalue weighted by molar-refractivity contribution is 5.85. The summed E-state index contributed by atoms with van der Waals surface area (Å²) in [6.45, 7) is 0.149. The zero-order valence-electron chi connectivity index (χ0n) is 18.2. The van der Waals surface area contributed by atoms with E-state index in [2.05, 4.69) is 29.2 Å². The highest BCUT2D eigenvalue weighted by Gasteiger charge is 2.32. The van der Waals surface area contributed by atoms with E-state index < -0.39 is 18.1 Å². The largest absolute Gasteiger partial charge is 0.480 e. The smallest absolute Gasteiger partial charge is 0.410 e. The van der Waals surface area contributed by atoms with Crippen molar-refractivity contribution >= 4 is 23.0 Å². The first-order chi connectivity index (χ1) is 16.0. The van der Waals surface area contributed by atoms with Crippen LogP contribution in [0.5, 0.6) is 0 Å². The minimum Gasteiger partial charge on any atom is -0.480 e. The van der Waals surface area contributed by atoms with Gasteiger partial charge in [0, 0.05) is 36.5 Å². The first kappa shape index (κ1) is 20.8. The number of aromatic amines is 1. The molecule has 1 aliphatic rings. The van der Waals surface area contributed by atoms with Crippen LogP contribution in [-0.4, -0.2) is 46.7 Å². The van der Waals surface area contributed by atoms with Crippen molar-refractivity contribution in [3.05, 3.63) is 95.7 Å². The lowest BCUT2D eigenvalue weighted by molar-refractivity contribution is -0.142. The zero-order valence-corrected chi connectivity index (χ0v) is 18.2. The van der Waals surface area contributed by atoms with Crippen LogP contribution in [0.1, 0.15) is 22.6 Å². The number of hydrogen-bond acceptors (Lipinski definition) is 3. The lowest BCUT2D eigenvalue weighted by Gasteiger charge is -2.25. The fourth-order valence-corrected chi connectivity index (χ4v) is 4.72. The summed E-state index contributed by atoms with van der Waals surface area (Å²) in [7, 11) is 1.48. The van der Waals surface area contributed by atoms with Gasteiger partial charge in [-0.15, -0.1) is 0 Å². The van der Waals surface area contributed by atoms with E-state index in [9.17, 15) is 14.7 Å². The van der Waals surface area contributed by atoms with Gasteiger partial charge in [0.25, 0.3) is 0 Å². The van der Waals surface area contributed by atoms with Gasteiger partial charge in [-0.05, 0) is 33.9 Å². The van der Waals surface area contributed by atoms with E-state index in [1.54, 1.807) is 6.20 Å². The molecule has 0 aliphatic heterocycles. The van der Waals surface area contributed by atoms with E-state index >= 15 is 0 Å². The molecule has 6 heteroatoms. The van der Waals surface area contributed by atoms with E-state index in [-0.39, 0.29) is 18.9 Å². The third-order valence-corrected chi connectivity index (χ3v) is 6.46. The summed E-state index contributed by atoms with van der Waals surface area (Å²) in [6.07, 6.45) is 1.33. The maximum absolute atomic E-state index is 12.9. The summed E-state index contributed by atoms with van der Waals surface area (Å²) >= 11 is 0. The summed E-state index contributed by atoms with van der Waals surface area (Å²) < 4.78 is 5.66. The molecule has 3 aromatic carbocycles. The Hall–Kier alpha value is -4.06. The standard InChI is InChI=1S/C27H24N2O4/c1-29(25(26(30)31)14-17-15-28-24-13-7-6-8-18(17)24)27(32)33-16-23-21-11-4-2-9-19(21)20-10-3-5-12-22(20)23/h2-13,15,23,25,28H,14,16H2,1H3,(H,30,31). The third kappa shape index (κ3) is 3.74. The number of carbonyl (C=O) groups is 2. The fraction of sp³-hybridized carbons (Fsp3) is 0.185. The average Bonchev–Trinajstić information content (AvgIpc) is 3.39. The van der Waals surface area contributed by atoms with Gasteiger partial charge in [0.05, 0.1) is 0 Å². The molecule has 6 nitrogen and oxygen atoms in total. The molecule has 5 rings (SSSR count). The Morgan fingerprint density at radius 2 is 1.58 bits per heavy atom. The maximum Gasteiger partial charge on any atom is 0.410 e. The summed E-state index contributed by atoms with van der Waals surface area (Å²) in [4.78, 5) is 29.3. The van der Waals surface area contributed by atoms with Crippen molar-refractivity contribution < 1.29 is 19.4 Å². The summed E-state index contributed by atoms with van der Waals surface area (Å²) in [5.41, 5.74) is 6.29. The number of fused-ring (bicyclic) bond motifs is 4. The molecule has 4 aromatic rings. The molecule has 0 spiro atoms. The molecule has 0 radical (unpaired) electrons. The lowest BCUT2D eigenvalue weighted by atomic mass is 9.98. The Labute approximate surface area is 191 Å². The van der Waals surface area contributed by atoms with Crippen molar-refractivity contribution in [3.8, 4) is 11.1 Å². The van der Waals surface area contributed by atoms with Gasteiger partial charge in [-0.25, -0.2) is 9.59 Å². The van der Waals surface area contributed by atoms with Gasteiger partial charge >= 0.3 is 12.1 Å². The topological polar surface area (TPSA) is 82.6 Å². The number of carboxylic acids is 1. The van der Waals surface area contributed by atoms with Gasteiger partial charge in [0.2, 0.25) is 0 Å². The minimum absolute atomic E-state index is 0.0772. The van der Waals surface area contributed by atoms with Gasteiger partial charge in [-0.3, -0.25) is 4.90 Å². The highest BCUT2D eigenvalue weighted by Crippen LogP contribution is 2.44. The molecular weight excluding hydrogens is 416 g/mol. The van der Waals surface area contributed by atoms with E-state index in [1.165, 1.54) is 11.9 Å². The van der Waals surface area contributed by atoms with Crippen LogP contribution in [0.4, 0.5) is 4.79 Å². The molecule has 0 saturated carbocycles. The Morgan fingerprint density at radius 1 is 0.970 bits per heavy atom. The van der Waals surface area contributed by atoms with Crippen LogP contribution in [0.2, 0.25) is 0 Å². The van der Waals surface area contributed by atoms with Crippen LogP contribution in [-0.2, 0) is 16.0 Å². The second-order valence-electron chi connectivity index (χ2n) is 8.33. The number of hydrogen-bond donors (Lipinski definition) is 2. The molecule has 1 amide bonds. The Morgan fingerprint density at radius 3 is 2.24 bits per heavy atom. The van der Waals surface area contributed by atoms with Crippen LogP contribution >= 0.6 is 0 Å². The quantitative estimate of drug-likeness (QED) is 0.440. The van der Waals surface area contributed by atoms with Crippen LogP contribution in [0, 0.1) is 0 Å². The van der Waals surface area contributed by atoms with Gasteiger partial charge in [-0.2, -0.15) is 0 Å². The Bertz CT molecular complexity index is 1300.